The summed E-state index contributed by atoms with van der Waals surface area (Å²) in [5.74, 6) is 0. The van der Waals surface area contributed by atoms with Gasteiger partial charge in [-0.15, -0.1) is 0 Å². The summed E-state index contributed by atoms with van der Waals surface area (Å²) < 4.78 is 4.83. The first-order chi connectivity index (χ1) is 27.8. The number of hydrogen-bond acceptors (Lipinski definition) is 0. The zero-order chi connectivity index (χ0) is 37.0. The SMILES string of the molecule is c1ccc(-c2cccc(-n3c4ccccc4c4cc(-c5cccc(-c6cccc7c6c6ccccc6n7-c6cccc(-c7ccccc7)c6)c5)ccc43)c2)cc1. The highest BCUT2D eigenvalue weighted by Crippen LogP contribution is 2.41. The largest absolute Gasteiger partial charge is 0.309 e. The van der Waals surface area contributed by atoms with E-state index in [2.05, 4.69) is 228 Å². The third-order valence-electron chi connectivity index (χ3n) is 11.3. The normalized spacial score (nSPS) is 11.6. The molecule has 0 atom stereocenters. The fourth-order valence-corrected chi connectivity index (χ4v) is 8.75. The average Bonchev–Trinajstić information content (AvgIpc) is 3.80. The van der Waals surface area contributed by atoms with Crippen molar-refractivity contribution in [2.24, 2.45) is 0 Å². The predicted octanol–water partition coefficient (Wildman–Crippen LogP) is 14.5. The second-order valence-corrected chi connectivity index (χ2v) is 14.6. The van der Waals surface area contributed by atoms with Gasteiger partial charge in [0.15, 0.2) is 0 Å². The van der Waals surface area contributed by atoms with Crippen LogP contribution in [0.25, 0.3) is 99.5 Å². The Morgan fingerprint density at radius 1 is 0.232 bits per heavy atom. The zero-order valence-electron chi connectivity index (χ0n) is 30.7. The lowest BCUT2D eigenvalue weighted by atomic mass is 9.95. The number of rotatable bonds is 6. The lowest BCUT2D eigenvalue weighted by Crippen LogP contribution is -1.94. The molecule has 0 aliphatic carbocycles. The fourth-order valence-electron chi connectivity index (χ4n) is 8.75. The first-order valence-electron chi connectivity index (χ1n) is 19.3. The molecule has 0 N–H and O–H groups in total. The van der Waals surface area contributed by atoms with Crippen LogP contribution in [0.1, 0.15) is 0 Å². The zero-order valence-corrected chi connectivity index (χ0v) is 30.7. The molecule has 0 unspecified atom stereocenters. The molecule has 0 bridgehead atoms. The van der Waals surface area contributed by atoms with Crippen LogP contribution in [0.5, 0.6) is 0 Å². The summed E-state index contributed by atoms with van der Waals surface area (Å²) in [7, 11) is 0. The Morgan fingerprint density at radius 2 is 0.679 bits per heavy atom. The summed E-state index contributed by atoms with van der Waals surface area (Å²) in [5.41, 5.74) is 16.8. The van der Waals surface area contributed by atoms with Gasteiger partial charge in [0.1, 0.15) is 0 Å². The predicted molar refractivity (Wildman–Crippen MR) is 237 cm³/mol. The maximum absolute atomic E-state index is 2.42. The molecule has 2 heteroatoms. The minimum Gasteiger partial charge on any atom is -0.309 e. The molecular formula is C54H36N2. The number of aromatic nitrogens is 2. The van der Waals surface area contributed by atoms with Crippen molar-refractivity contribution in [2.75, 3.05) is 0 Å². The molecule has 11 aromatic rings. The minimum absolute atomic E-state index is 1.16. The van der Waals surface area contributed by atoms with Crippen LogP contribution in [0.15, 0.2) is 218 Å². The van der Waals surface area contributed by atoms with E-state index in [1.807, 2.05) is 0 Å². The van der Waals surface area contributed by atoms with E-state index in [9.17, 15) is 0 Å². The molecule has 0 fully saturated rings. The number of benzene rings is 9. The van der Waals surface area contributed by atoms with Gasteiger partial charge < -0.3 is 9.13 Å². The maximum Gasteiger partial charge on any atom is 0.0547 e. The lowest BCUT2D eigenvalue weighted by molar-refractivity contribution is 1.18. The summed E-state index contributed by atoms with van der Waals surface area (Å²) in [6.45, 7) is 0. The Morgan fingerprint density at radius 3 is 1.36 bits per heavy atom. The Kier molecular flexibility index (Phi) is 7.53. The Labute approximate surface area is 325 Å². The lowest BCUT2D eigenvalue weighted by Gasteiger charge is -2.12. The highest BCUT2D eigenvalue weighted by molar-refractivity contribution is 6.16. The molecule has 0 saturated heterocycles. The van der Waals surface area contributed by atoms with Gasteiger partial charge in [-0.1, -0.05) is 158 Å². The van der Waals surface area contributed by atoms with Crippen LogP contribution in [0.2, 0.25) is 0 Å². The molecule has 0 aliphatic heterocycles. The van der Waals surface area contributed by atoms with Gasteiger partial charge in [0.05, 0.1) is 22.1 Å². The molecule has 11 rings (SSSR count). The van der Waals surface area contributed by atoms with Gasteiger partial charge in [-0.2, -0.15) is 0 Å². The van der Waals surface area contributed by atoms with Gasteiger partial charge >= 0.3 is 0 Å². The Bertz CT molecular complexity index is 3240. The molecule has 0 radical (unpaired) electrons. The van der Waals surface area contributed by atoms with Gasteiger partial charge in [-0.05, 0) is 105 Å². The van der Waals surface area contributed by atoms with Crippen molar-refractivity contribution in [1.82, 2.24) is 9.13 Å². The molecule has 0 saturated carbocycles. The Hall–Kier alpha value is -7.42. The third kappa shape index (κ3) is 5.26. The van der Waals surface area contributed by atoms with E-state index < -0.39 is 0 Å². The van der Waals surface area contributed by atoms with E-state index >= 15 is 0 Å². The van der Waals surface area contributed by atoms with Crippen LogP contribution in [-0.4, -0.2) is 9.13 Å². The average molecular weight is 713 g/mol. The number of fused-ring (bicyclic) bond motifs is 6. The van der Waals surface area contributed by atoms with E-state index in [0.29, 0.717) is 0 Å². The van der Waals surface area contributed by atoms with Gasteiger partial charge in [-0.3, -0.25) is 0 Å². The molecule has 2 heterocycles. The van der Waals surface area contributed by atoms with E-state index in [0.717, 1.165) is 11.4 Å². The molecule has 0 spiro atoms. The van der Waals surface area contributed by atoms with Gasteiger partial charge in [-0.25, -0.2) is 0 Å². The molecule has 262 valence electrons. The summed E-state index contributed by atoms with van der Waals surface area (Å²) in [5, 5.41) is 5.01. The molecule has 0 aliphatic rings. The summed E-state index contributed by atoms with van der Waals surface area (Å²) in [6, 6.07) is 79.4. The van der Waals surface area contributed by atoms with E-state index in [4.69, 9.17) is 0 Å². The molecule has 2 aromatic heterocycles. The van der Waals surface area contributed by atoms with Crippen LogP contribution in [0.3, 0.4) is 0 Å². The van der Waals surface area contributed by atoms with Crippen LogP contribution >= 0.6 is 0 Å². The second-order valence-electron chi connectivity index (χ2n) is 14.6. The van der Waals surface area contributed by atoms with Crippen molar-refractivity contribution in [3.63, 3.8) is 0 Å². The minimum atomic E-state index is 1.16. The molecule has 0 amide bonds. The third-order valence-corrected chi connectivity index (χ3v) is 11.3. The standard InChI is InChI=1S/C54H36N2/c1-3-15-37(16-4-1)40-20-12-23-44(34-40)55-50-28-9-7-25-47(50)49-36-42(31-32-52(49)55)39-19-11-22-43(33-39)46-27-14-30-53-54(46)48-26-8-10-29-51(48)56(53)45-24-13-21-41(35-45)38-17-5-2-6-18-38/h1-36H. The quantitative estimate of drug-likeness (QED) is 0.162. The maximum atomic E-state index is 2.42. The number of hydrogen-bond donors (Lipinski definition) is 0. The van der Waals surface area contributed by atoms with Crippen molar-refractivity contribution in [1.29, 1.82) is 0 Å². The van der Waals surface area contributed by atoms with Gasteiger partial charge in [0.25, 0.3) is 0 Å². The van der Waals surface area contributed by atoms with E-state index in [1.54, 1.807) is 0 Å². The second kappa shape index (κ2) is 13.2. The molecular weight excluding hydrogens is 677 g/mol. The topological polar surface area (TPSA) is 9.86 Å². The van der Waals surface area contributed by atoms with Crippen molar-refractivity contribution >= 4 is 43.6 Å². The summed E-state index contributed by atoms with van der Waals surface area (Å²) >= 11 is 0. The number of nitrogens with zero attached hydrogens (tertiary/aromatic N) is 2. The molecule has 9 aromatic carbocycles. The van der Waals surface area contributed by atoms with E-state index in [-0.39, 0.29) is 0 Å². The van der Waals surface area contributed by atoms with Crippen LogP contribution < -0.4 is 0 Å². The van der Waals surface area contributed by atoms with Crippen molar-refractivity contribution in [3.05, 3.63) is 218 Å². The van der Waals surface area contributed by atoms with Gasteiger partial charge in [0, 0.05) is 32.9 Å². The highest BCUT2D eigenvalue weighted by atomic mass is 15.0. The van der Waals surface area contributed by atoms with Gasteiger partial charge in [0.2, 0.25) is 0 Å². The van der Waals surface area contributed by atoms with Crippen LogP contribution in [0, 0.1) is 0 Å². The highest BCUT2D eigenvalue weighted by Gasteiger charge is 2.18. The smallest absolute Gasteiger partial charge is 0.0547 e. The molecule has 56 heavy (non-hydrogen) atoms. The van der Waals surface area contributed by atoms with Crippen LogP contribution in [0.4, 0.5) is 0 Å². The summed E-state index contributed by atoms with van der Waals surface area (Å²) in [6.07, 6.45) is 0. The first kappa shape index (κ1) is 32.0. The van der Waals surface area contributed by atoms with Crippen LogP contribution in [-0.2, 0) is 0 Å². The van der Waals surface area contributed by atoms with E-state index in [1.165, 1.54) is 88.1 Å². The first-order valence-corrected chi connectivity index (χ1v) is 19.3. The number of para-hydroxylation sites is 2. The summed E-state index contributed by atoms with van der Waals surface area (Å²) in [4.78, 5) is 0. The Balaban J connectivity index is 1.04. The van der Waals surface area contributed by atoms with Crippen molar-refractivity contribution < 1.29 is 0 Å². The molecule has 2 nitrogen and oxygen atoms in total. The van der Waals surface area contributed by atoms with Crippen molar-refractivity contribution in [2.45, 2.75) is 0 Å². The monoisotopic (exact) mass is 712 g/mol. The fraction of sp³-hybridized carbons (Fsp3) is 0. The van der Waals surface area contributed by atoms with Crippen molar-refractivity contribution in [3.8, 4) is 55.9 Å².